The summed E-state index contributed by atoms with van der Waals surface area (Å²) in [4.78, 5) is 0. The molecule has 2 radical (unpaired) electrons. The minimum atomic E-state index is 0.639. The quantitative estimate of drug-likeness (QED) is 0.387. The Kier molecular flexibility index (Phi) is 3.69. The Hall–Kier alpha value is 2.21. The van der Waals surface area contributed by atoms with Crippen molar-refractivity contribution in [3.63, 3.8) is 0 Å². The van der Waals surface area contributed by atoms with Crippen LogP contribution in [0, 0.1) is 1.81 Å². The average Bonchev–Trinajstić information content (AvgIpc) is 1.85. The van der Waals surface area contributed by atoms with Gasteiger partial charge >= 0.3 is 85.1 Å². The molecule has 0 saturated carbocycles. The number of rotatable bonds is 0. The summed E-state index contributed by atoms with van der Waals surface area (Å²) in [6, 6.07) is 0. The third kappa shape index (κ3) is 2.11. The first-order chi connectivity index (χ1) is 3.70. The molecule has 0 unspecified atom stereocenters. The van der Waals surface area contributed by atoms with Crippen molar-refractivity contribution in [3.8, 4) is 0 Å². The molecule has 0 aliphatic heterocycles. The molecule has 0 aliphatic carbocycles. The SMILES string of the molecule is [Se]c1[se]c(=[Se])[se]c1[Se]. The van der Waals surface area contributed by atoms with Crippen LogP contribution in [0.25, 0.3) is 0 Å². The molecule has 1 rings (SSSR count). The van der Waals surface area contributed by atoms with Gasteiger partial charge in [0.15, 0.2) is 0 Å². The normalized spacial score (nSPS) is 9.50. The number of hydrogen-bond acceptors (Lipinski definition) is 0. The molecular weight excluding hydrogens is 431 g/mol. The Morgan fingerprint density at radius 1 is 1.00 bits per heavy atom. The molecule has 5 heteroatoms. The molecule has 1 aromatic heterocycles. The Balaban J connectivity index is 3.35. The van der Waals surface area contributed by atoms with Crippen molar-refractivity contribution < 1.29 is 0 Å². The zero-order valence-corrected chi connectivity index (χ0v) is 12.1. The zero-order chi connectivity index (χ0) is 6.15. The topological polar surface area (TPSA) is 0 Å². The molecule has 0 saturated heterocycles. The molecule has 8 heavy (non-hydrogen) atoms. The van der Waals surface area contributed by atoms with Crippen molar-refractivity contribution >= 4 is 83.3 Å². The van der Waals surface area contributed by atoms with Crippen LogP contribution in [0.4, 0.5) is 0 Å². The molecule has 0 amide bonds. The third-order valence-electron chi connectivity index (χ3n) is 0.519. The minimum absolute atomic E-state index is 0.639. The van der Waals surface area contributed by atoms with Gasteiger partial charge in [0.05, 0.1) is 0 Å². The van der Waals surface area contributed by atoms with Crippen molar-refractivity contribution in [1.29, 1.82) is 0 Å². The van der Waals surface area contributed by atoms with Gasteiger partial charge in [0.25, 0.3) is 0 Å². The first-order valence-corrected chi connectivity index (χ1v) is 7.67. The van der Waals surface area contributed by atoms with Gasteiger partial charge in [-0.3, -0.25) is 0 Å². The van der Waals surface area contributed by atoms with Crippen LogP contribution in [0.2, 0.25) is 0 Å². The monoisotopic (exact) mass is 436 g/mol. The summed E-state index contributed by atoms with van der Waals surface area (Å²) in [5.41, 5.74) is 0. The predicted molar refractivity (Wildman–Crippen MR) is 40.1 cm³/mol. The second kappa shape index (κ2) is 3.56. The third-order valence-corrected chi connectivity index (χ3v) is 11.8. The molecular formula is C3Se5. The van der Waals surface area contributed by atoms with Crippen molar-refractivity contribution in [2.75, 3.05) is 0 Å². The van der Waals surface area contributed by atoms with Gasteiger partial charge in [-0.25, -0.2) is 0 Å². The summed E-state index contributed by atoms with van der Waals surface area (Å²) in [7, 11) is 0. The Morgan fingerprint density at radius 2 is 1.38 bits per heavy atom. The molecule has 1 aromatic rings. The average molecular weight is 431 g/mol. The van der Waals surface area contributed by atoms with Gasteiger partial charge < -0.3 is 0 Å². The van der Waals surface area contributed by atoms with E-state index in [-0.39, 0.29) is 0 Å². The molecule has 0 fully saturated rings. The summed E-state index contributed by atoms with van der Waals surface area (Å²) in [6.45, 7) is 0. The van der Waals surface area contributed by atoms with Crippen LogP contribution in [0.5, 0.6) is 0 Å². The molecule has 0 nitrogen and oxygen atoms in total. The first kappa shape index (κ1) is 8.31. The first-order valence-electron chi connectivity index (χ1n) is 1.68. The van der Waals surface area contributed by atoms with Crippen LogP contribution in [-0.2, 0) is 0 Å². The standard InChI is InChI=1S/C3Se5/c4-1-2(5)8-3(6)7-1. The molecule has 0 aliphatic rings. The molecule has 0 bridgehead atoms. The van der Waals surface area contributed by atoms with E-state index in [4.69, 9.17) is 0 Å². The summed E-state index contributed by atoms with van der Waals surface area (Å²) in [5, 5.41) is 0. The fourth-order valence-corrected chi connectivity index (χ4v) is 14.6. The predicted octanol–water partition coefficient (Wildman–Crippen LogP) is -2.91. The van der Waals surface area contributed by atoms with Crippen molar-refractivity contribution in [3.05, 3.63) is 1.81 Å². The van der Waals surface area contributed by atoms with Gasteiger partial charge in [-0.2, -0.15) is 0 Å². The molecule has 0 aromatic carbocycles. The number of hydrogen-bond donors (Lipinski definition) is 0. The van der Waals surface area contributed by atoms with Gasteiger partial charge in [0.1, 0.15) is 0 Å². The van der Waals surface area contributed by atoms with Crippen LogP contribution in [0.1, 0.15) is 0 Å². The summed E-state index contributed by atoms with van der Waals surface area (Å²) < 4.78 is 4.49. The fourth-order valence-electron chi connectivity index (χ4n) is 0.256. The van der Waals surface area contributed by atoms with Crippen molar-refractivity contribution in [2.24, 2.45) is 0 Å². The Morgan fingerprint density at radius 3 is 1.50 bits per heavy atom. The molecule has 0 atom stereocenters. The maximum atomic E-state index is 3.09. The van der Waals surface area contributed by atoms with Crippen LogP contribution in [0.15, 0.2) is 0 Å². The molecule has 1 heterocycles. The van der Waals surface area contributed by atoms with E-state index in [1.54, 1.807) is 1.81 Å². The fraction of sp³-hybridized carbons (Fsp3) is 0. The zero-order valence-electron chi connectivity index (χ0n) is 3.54. The Labute approximate surface area is 83.9 Å². The maximum absolute atomic E-state index is 3.09. The molecule has 0 spiro atoms. The van der Waals surface area contributed by atoms with Crippen LogP contribution < -0.4 is 6.67 Å². The molecule has 0 N–H and O–H groups in total. The van der Waals surface area contributed by atoms with Gasteiger partial charge in [-0.15, -0.1) is 0 Å². The van der Waals surface area contributed by atoms with Gasteiger partial charge in [-0.05, 0) is 0 Å². The van der Waals surface area contributed by atoms with Gasteiger partial charge in [0, 0.05) is 0 Å². The molecule has 42 valence electrons. The van der Waals surface area contributed by atoms with E-state index in [1.807, 2.05) is 0 Å². The Bertz CT molecular complexity index is 208. The van der Waals surface area contributed by atoms with E-state index in [0.29, 0.717) is 29.0 Å². The summed E-state index contributed by atoms with van der Waals surface area (Å²) >= 11 is 10.5. The van der Waals surface area contributed by atoms with Crippen LogP contribution in [-0.4, -0.2) is 76.6 Å². The van der Waals surface area contributed by atoms with E-state index in [1.165, 1.54) is 6.67 Å². The van der Waals surface area contributed by atoms with E-state index >= 15 is 0 Å². The van der Waals surface area contributed by atoms with E-state index < -0.39 is 0 Å². The summed E-state index contributed by atoms with van der Waals surface area (Å²) in [5.74, 6) is 0. The second-order valence-corrected chi connectivity index (χ2v) is 14.4. The van der Waals surface area contributed by atoms with Gasteiger partial charge in [-0.1, -0.05) is 0 Å². The van der Waals surface area contributed by atoms with Gasteiger partial charge in [0.2, 0.25) is 0 Å². The van der Waals surface area contributed by atoms with Crippen LogP contribution >= 0.6 is 0 Å². The van der Waals surface area contributed by atoms with Crippen molar-refractivity contribution in [2.45, 2.75) is 0 Å². The summed E-state index contributed by atoms with van der Waals surface area (Å²) in [6.07, 6.45) is 0. The second-order valence-electron chi connectivity index (χ2n) is 1.03. The van der Waals surface area contributed by atoms with E-state index in [2.05, 4.69) is 47.6 Å². The van der Waals surface area contributed by atoms with E-state index in [0.717, 1.165) is 0 Å². The van der Waals surface area contributed by atoms with E-state index in [9.17, 15) is 0 Å². The van der Waals surface area contributed by atoms with Crippen LogP contribution in [0.3, 0.4) is 0 Å². The van der Waals surface area contributed by atoms with Crippen molar-refractivity contribution in [1.82, 2.24) is 0 Å².